The first-order valence-electron chi connectivity index (χ1n) is 8.47. The van der Waals surface area contributed by atoms with E-state index in [1.54, 1.807) is 43.2 Å². The lowest BCUT2D eigenvalue weighted by atomic mass is 10.2. The zero-order valence-electron chi connectivity index (χ0n) is 15.5. The SMILES string of the molecule is Cc1c(NC(=O)c2c(NC(=O)c3ccc4c(c3)OCO4)cnn2C)cnn1C. The second-order valence-electron chi connectivity index (χ2n) is 6.27. The van der Waals surface area contributed by atoms with Crippen molar-refractivity contribution < 1.29 is 19.1 Å². The van der Waals surface area contributed by atoms with E-state index in [4.69, 9.17) is 9.47 Å². The van der Waals surface area contributed by atoms with Crippen molar-refractivity contribution in [2.24, 2.45) is 14.1 Å². The molecule has 0 fully saturated rings. The van der Waals surface area contributed by atoms with Gasteiger partial charge in [-0.2, -0.15) is 10.2 Å². The van der Waals surface area contributed by atoms with Gasteiger partial charge in [0.05, 0.1) is 29.5 Å². The smallest absolute Gasteiger partial charge is 0.276 e. The molecule has 2 N–H and O–H groups in total. The van der Waals surface area contributed by atoms with E-state index in [1.807, 2.05) is 6.92 Å². The van der Waals surface area contributed by atoms with Crippen LogP contribution in [0.25, 0.3) is 0 Å². The van der Waals surface area contributed by atoms with E-state index in [9.17, 15) is 9.59 Å². The highest BCUT2D eigenvalue weighted by atomic mass is 16.7. The molecular formula is C18H18N6O4. The second kappa shape index (κ2) is 6.72. The highest BCUT2D eigenvalue weighted by Crippen LogP contribution is 2.32. The molecule has 0 radical (unpaired) electrons. The normalized spacial score (nSPS) is 12.1. The zero-order chi connectivity index (χ0) is 19.8. The minimum atomic E-state index is -0.405. The van der Waals surface area contributed by atoms with Crippen LogP contribution in [-0.4, -0.2) is 38.2 Å². The lowest BCUT2D eigenvalue weighted by Gasteiger charge is -2.09. The Balaban J connectivity index is 1.55. The number of amides is 2. The number of hydrogen-bond donors (Lipinski definition) is 2. The van der Waals surface area contributed by atoms with E-state index < -0.39 is 11.8 Å². The van der Waals surface area contributed by atoms with Crippen LogP contribution in [0.3, 0.4) is 0 Å². The van der Waals surface area contributed by atoms with Gasteiger partial charge in [0.1, 0.15) is 5.69 Å². The number of hydrogen-bond acceptors (Lipinski definition) is 6. The molecule has 0 aliphatic carbocycles. The summed E-state index contributed by atoms with van der Waals surface area (Å²) >= 11 is 0. The zero-order valence-corrected chi connectivity index (χ0v) is 15.5. The predicted molar refractivity (Wildman–Crippen MR) is 99.6 cm³/mol. The lowest BCUT2D eigenvalue weighted by molar-refractivity contribution is 0.101. The molecule has 0 saturated carbocycles. The van der Waals surface area contributed by atoms with Gasteiger partial charge in [-0.3, -0.25) is 19.0 Å². The number of aromatic nitrogens is 4. The summed E-state index contributed by atoms with van der Waals surface area (Å²) in [6.07, 6.45) is 2.99. The van der Waals surface area contributed by atoms with Crippen LogP contribution in [-0.2, 0) is 14.1 Å². The van der Waals surface area contributed by atoms with Crippen LogP contribution >= 0.6 is 0 Å². The van der Waals surface area contributed by atoms with Crippen molar-refractivity contribution in [1.82, 2.24) is 19.6 Å². The maximum Gasteiger partial charge on any atom is 0.276 e. The number of benzene rings is 1. The van der Waals surface area contributed by atoms with Gasteiger partial charge in [-0.15, -0.1) is 0 Å². The van der Waals surface area contributed by atoms with Gasteiger partial charge < -0.3 is 20.1 Å². The Hall–Kier alpha value is -3.82. The minimum Gasteiger partial charge on any atom is -0.454 e. The Morgan fingerprint density at radius 2 is 1.64 bits per heavy atom. The molecule has 3 heterocycles. The Morgan fingerprint density at radius 1 is 0.964 bits per heavy atom. The first-order valence-corrected chi connectivity index (χ1v) is 8.47. The van der Waals surface area contributed by atoms with Crippen LogP contribution in [0.15, 0.2) is 30.6 Å². The van der Waals surface area contributed by atoms with E-state index >= 15 is 0 Å². The molecule has 2 aromatic heterocycles. The average Bonchev–Trinajstić information content (AvgIpc) is 3.36. The van der Waals surface area contributed by atoms with Gasteiger partial charge in [0.2, 0.25) is 6.79 Å². The van der Waals surface area contributed by atoms with Crippen molar-refractivity contribution >= 4 is 23.2 Å². The van der Waals surface area contributed by atoms with Crippen molar-refractivity contribution in [1.29, 1.82) is 0 Å². The van der Waals surface area contributed by atoms with E-state index in [0.29, 0.717) is 28.4 Å². The van der Waals surface area contributed by atoms with Gasteiger partial charge in [-0.1, -0.05) is 0 Å². The molecule has 4 rings (SSSR count). The summed E-state index contributed by atoms with van der Waals surface area (Å²) in [7, 11) is 3.41. The maximum absolute atomic E-state index is 12.8. The molecule has 0 bridgehead atoms. The number of aryl methyl sites for hydroxylation is 2. The van der Waals surface area contributed by atoms with E-state index in [0.717, 1.165) is 5.69 Å². The summed E-state index contributed by atoms with van der Waals surface area (Å²) < 4.78 is 13.6. The van der Waals surface area contributed by atoms with Gasteiger partial charge in [0.25, 0.3) is 11.8 Å². The summed E-state index contributed by atoms with van der Waals surface area (Å²) in [5.74, 6) is 0.295. The van der Waals surface area contributed by atoms with Crippen molar-refractivity contribution in [3.05, 3.63) is 47.5 Å². The van der Waals surface area contributed by atoms with Gasteiger partial charge in [-0.25, -0.2) is 0 Å². The van der Waals surface area contributed by atoms with Gasteiger partial charge in [-0.05, 0) is 25.1 Å². The van der Waals surface area contributed by atoms with Gasteiger partial charge in [0.15, 0.2) is 11.5 Å². The Kier molecular flexibility index (Phi) is 4.22. The highest BCUT2D eigenvalue weighted by molar-refractivity contribution is 6.11. The first kappa shape index (κ1) is 17.6. The van der Waals surface area contributed by atoms with Crippen LogP contribution in [0.5, 0.6) is 11.5 Å². The molecule has 28 heavy (non-hydrogen) atoms. The van der Waals surface area contributed by atoms with Crippen LogP contribution in [0.2, 0.25) is 0 Å². The molecular weight excluding hydrogens is 364 g/mol. The van der Waals surface area contributed by atoms with Crippen LogP contribution in [0.4, 0.5) is 11.4 Å². The Labute approximate surface area is 160 Å². The summed E-state index contributed by atoms with van der Waals surface area (Å²) in [5, 5.41) is 13.7. The third-order valence-corrected chi connectivity index (χ3v) is 4.52. The number of fused-ring (bicyclic) bond motifs is 1. The highest BCUT2D eigenvalue weighted by Gasteiger charge is 2.22. The number of carbonyl (C=O) groups excluding carboxylic acids is 2. The van der Waals surface area contributed by atoms with Crippen molar-refractivity contribution in [2.75, 3.05) is 17.4 Å². The predicted octanol–water partition coefficient (Wildman–Crippen LogP) is 1.70. The van der Waals surface area contributed by atoms with Gasteiger partial charge in [0, 0.05) is 19.7 Å². The molecule has 0 saturated heterocycles. The molecule has 1 aliphatic rings. The molecule has 10 heteroatoms. The van der Waals surface area contributed by atoms with Crippen molar-refractivity contribution in [3.63, 3.8) is 0 Å². The second-order valence-corrected chi connectivity index (χ2v) is 6.27. The Bertz CT molecular complexity index is 1080. The number of anilines is 2. The van der Waals surface area contributed by atoms with Crippen molar-refractivity contribution in [3.8, 4) is 11.5 Å². The summed E-state index contributed by atoms with van der Waals surface area (Å²) in [6.45, 7) is 1.97. The number of carbonyl (C=O) groups is 2. The third-order valence-electron chi connectivity index (χ3n) is 4.52. The number of rotatable bonds is 4. The summed E-state index contributed by atoms with van der Waals surface area (Å²) in [5.41, 5.74) is 2.28. The average molecular weight is 382 g/mol. The number of nitrogens with zero attached hydrogens (tertiary/aromatic N) is 4. The topological polar surface area (TPSA) is 112 Å². The van der Waals surface area contributed by atoms with Gasteiger partial charge >= 0.3 is 0 Å². The quantitative estimate of drug-likeness (QED) is 0.710. The fourth-order valence-electron chi connectivity index (χ4n) is 2.83. The number of nitrogens with one attached hydrogen (secondary N) is 2. The van der Waals surface area contributed by atoms with Crippen LogP contribution in [0.1, 0.15) is 26.5 Å². The molecule has 10 nitrogen and oxygen atoms in total. The standard InChI is InChI=1S/C18H18N6O4/c1-10-12(7-19-23(10)2)21-18(26)16-13(8-20-24(16)3)22-17(25)11-4-5-14-15(6-11)28-9-27-14/h4-8H,9H2,1-3H3,(H,21,26)(H,22,25). The number of ether oxygens (including phenoxy) is 2. The summed E-state index contributed by atoms with van der Waals surface area (Å²) in [6, 6.07) is 4.88. The fourth-order valence-corrected chi connectivity index (χ4v) is 2.83. The third kappa shape index (κ3) is 3.04. The lowest BCUT2D eigenvalue weighted by Crippen LogP contribution is -2.20. The minimum absolute atomic E-state index is 0.126. The molecule has 1 aromatic carbocycles. The molecule has 0 unspecified atom stereocenters. The summed E-state index contributed by atoms with van der Waals surface area (Å²) in [4.78, 5) is 25.4. The van der Waals surface area contributed by atoms with Crippen LogP contribution in [0, 0.1) is 6.92 Å². The van der Waals surface area contributed by atoms with Crippen molar-refractivity contribution in [2.45, 2.75) is 6.92 Å². The molecule has 144 valence electrons. The molecule has 0 spiro atoms. The largest absolute Gasteiger partial charge is 0.454 e. The monoisotopic (exact) mass is 382 g/mol. The first-order chi connectivity index (χ1) is 13.4. The van der Waals surface area contributed by atoms with Crippen LogP contribution < -0.4 is 20.1 Å². The maximum atomic E-state index is 12.8. The Morgan fingerprint density at radius 3 is 2.39 bits per heavy atom. The van der Waals surface area contributed by atoms with E-state index in [2.05, 4.69) is 20.8 Å². The van der Waals surface area contributed by atoms with E-state index in [-0.39, 0.29) is 12.5 Å². The fraction of sp³-hybridized carbons (Fsp3) is 0.222. The molecule has 0 atom stereocenters. The molecule has 3 aromatic rings. The molecule has 2 amide bonds. The van der Waals surface area contributed by atoms with E-state index in [1.165, 1.54) is 10.9 Å². The molecule has 1 aliphatic heterocycles.